The Morgan fingerprint density at radius 3 is 2.71 bits per heavy atom. The SMILES string of the molecule is COc1ccc(C#N)cc1COCCC(C)C. The lowest BCUT2D eigenvalue weighted by Crippen LogP contribution is -2.01. The molecule has 0 radical (unpaired) electrons. The van der Waals surface area contributed by atoms with Crippen LogP contribution in [0.3, 0.4) is 0 Å². The van der Waals surface area contributed by atoms with Gasteiger partial charge < -0.3 is 9.47 Å². The first kappa shape index (κ1) is 13.5. The second-order valence-corrected chi connectivity index (χ2v) is 4.37. The molecule has 0 spiro atoms. The Labute approximate surface area is 103 Å². The van der Waals surface area contributed by atoms with E-state index in [1.165, 1.54) is 0 Å². The minimum atomic E-state index is 0.491. The van der Waals surface area contributed by atoms with Gasteiger partial charge in [-0.25, -0.2) is 0 Å². The van der Waals surface area contributed by atoms with Crippen LogP contribution in [0.1, 0.15) is 31.4 Å². The molecule has 0 N–H and O–H groups in total. The van der Waals surface area contributed by atoms with Gasteiger partial charge in [0.25, 0.3) is 0 Å². The molecule has 0 fully saturated rings. The molecule has 92 valence electrons. The number of methoxy groups -OCH3 is 1. The quantitative estimate of drug-likeness (QED) is 0.709. The molecule has 3 nitrogen and oxygen atoms in total. The van der Waals surface area contributed by atoms with E-state index in [4.69, 9.17) is 14.7 Å². The smallest absolute Gasteiger partial charge is 0.124 e. The first-order valence-corrected chi connectivity index (χ1v) is 5.82. The van der Waals surface area contributed by atoms with Gasteiger partial charge in [-0.2, -0.15) is 5.26 Å². The Kier molecular flexibility index (Phi) is 5.51. The van der Waals surface area contributed by atoms with Crippen LogP contribution in [0.15, 0.2) is 18.2 Å². The molecule has 0 aliphatic carbocycles. The zero-order valence-electron chi connectivity index (χ0n) is 10.7. The lowest BCUT2D eigenvalue weighted by Gasteiger charge is -2.10. The summed E-state index contributed by atoms with van der Waals surface area (Å²) in [5.74, 6) is 1.41. The largest absolute Gasteiger partial charge is 0.496 e. The maximum Gasteiger partial charge on any atom is 0.124 e. The summed E-state index contributed by atoms with van der Waals surface area (Å²) in [6, 6.07) is 7.48. The minimum absolute atomic E-state index is 0.491. The summed E-state index contributed by atoms with van der Waals surface area (Å²) in [6.07, 6.45) is 1.04. The van der Waals surface area contributed by atoms with Gasteiger partial charge >= 0.3 is 0 Å². The summed E-state index contributed by atoms with van der Waals surface area (Å²) in [6.45, 7) is 5.56. The average Bonchev–Trinajstić information content (AvgIpc) is 2.34. The highest BCUT2D eigenvalue weighted by Crippen LogP contribution is 2.20. The molecule has 1 rings (SSSR count). The van der Waals surface area contributed by atoms with E-state index in [1.54, 1.807) is 19.2 Å². The van der Waals surface area contributed by atoms with E-state index in [0.717, 1.165) is 24.3 Å². The zero-order chi connectivity index (χ0) is 12.7. The molecule has 0 amide bonds. The van der Waals surface area contributed by atoms with Gasteiger partial charge in [-0.1, -0.05) is 13.8 Å². The molecule has 0 aliphatic rings. The average molecular weight is 233 g/mol. The molecule has 0 saturated heterocycles. The van der Waals surface area contributed by atoms with E-state index in [1.807, 2.05) is 6.07 Å². The van der Waals surface area contributed by atoms with Gasteiger partial charge in [-0.05, 0) is 30.5 Å². The second-order valence-electron chi connectivity index (χ2n) is 4.37. The fourth-order valence-electron chi connectivity index (χ4n) is 1.46. The van der Waals surface area contributed by atoms with E-state index < -0.39 is 0 Å². The first-order valence-electron chi connectivity index (χ1n) is 5.82. The van der Waals surface area contributed by atoms with Crippen LogP contribution in [0.25, 0.3) is 0 Å². The van der Waals surface area contributed by atoms with Crippen molar-refractivity contribution < 1.29 is 9.47 Å². The fraction of sp³-hybridized carbons (Fsp3) is 0.500. The van der Waals surface area contributed by atoms with Gasteiger partial charge in [0.05, 0.1) is 25.3 Å². The Bertz CT molecular complexity index is 394. The topological polar surface area (TPSA) is 42.2 Å². The van der Waals surface area contributed by atoms with Gasteiger partial charge in [0.15, 0.2) is 0 Å². The highest BCUT2D eigenvalue weighted by atomic mass is 16.5. The summed E-state index contributed by atoms with van der Waals surface area (Å²) < 4.78 is 10.8. The molecule has 1 aromatic rings. The molecule has 0 unspecified atom stereocenters. The predicted molar refractivity (Wildman–Crippen MR) is 66.8 cm³/mol. The van der Waals surface area contributed by atoms with Crippen LogP contribution in [-0.4, -0.2) is 13.7 Å². The zero-order valence-corrected chi connectivity index (χ0v) is 10.7. The van der Waals surface area contributed by atoms with Crippen molar-refractivity contribution in [3.8, 4) is 11.8 Å². The number of hydrogen-bond acceptors (Lipinski definition) is 3. The molecular formula is C14H19NO2. The van der Waals surface area contributed by atoms with Crippen LogP contribution in [0, 0.1) is 17.2 Å². The Balaban J connectivity index is 2.59. The molecule has 0 bridgehead atoms. The van der Waals surface area contributed by atoms with Crippen molar-refractivity contribution in [2.24, 2.45) is 5.92 Å². The predicted octanol–water partition coefficient (Wildman–Crippen LogP) is 3.13. The van der Waals surface area contributed by atoms with E-state index in [9.17, 15) is 0 Å². The van der Waals surface area contributed by atoms with E-state index >= 15 is 0 Å². The van der Waals surface area contributed by atoms with Crippen molar-refractivity contribution in [1.29, 1.82) is 5.26 Å². The standard InChI is InChI=1S/C14H19NO2/c1-11(2)6-7-17-10-13-8-12(9-15)4-5-14(13)16-3/h4-5,8,11H,6-7,10H2,1-3H3. The minimum Gasteiger partial charge on any atom is -0.496 e. The number of nitriles is 1. The van der Waals surface area contributed by atoms with Crippen LogP contribution >= 0.6 is 0 Å². The summed E-state index contributed by atoms with van der Waals surface area (Å²) in [4.78, 5) is 0. The van der Waals surface area contributed by atoms with Crippen molar-refractivity contribution >= 4 is 0 Å². The highest BCUT2D eigenvalue weighted by Gasteiger charge is 2.05. The molecule has 3 heteroatoms. The van der Waals surface area contributed by atoms with Gasteiger partial charge in [-0.15, -0.1) is 0 Å². The van der Waals surface area contributed by atoms with Crippen molar-refractivity contribution in [2.75, 3.05) is 13.7 Å². The molecule has 0 atom stereocenters. The molecule has 0 saturated carbocycles. The normalized spacial score (nSPS) is 10.3. The lowest BCUT2D eigenvalue weighted by atomic mass is 10.1. The monoisotopic (exact) mass is 233 g/mol. The van der Waals surface area contributed by atoms with Gasteiger partial charge in [0, 0.05) is 12.2 Å². The molecule has 0 aliphatic heterocycles. The Morgan fingerprint density at radius 2 is 2.12 bits per heavy atom. The van der Waals surface area contributed by atoms with Crippen LogP contribution in [0.5, 0.6) is 5.75 Å². The number of rotatable bonds is 6. The van der Waals surface area contributed by atoms with Gasteiger partial charge in [0.1, 0.15) is 5.75 Å². The Hall–Kier alpha value is -1.53. The third kappa shape index (κ3) is 4.46. The summed E-state index contributed by atoms with van der Waals surface area (Å²) >= 11 is 0. The van der Waals surface area contributed by atoms with Crippen LogP contribution < -0.4 is 4.74 Å². The van der Waals surface area contributed by atoms with Crippen molar-refractivity contribution in [2.45, 2.75) is 26.9 Å². The summed E-state index contributed by atoms with van der Waals surface area (Å²) in [7, 11) is 1.62. The van der Waals surface area contributed by atoms with Gasteiger partial charge in [-0.3, -0.25) is 0 Å². The maximum atomic E-state index is 8.84. The number of hydrogen-bond donors (Lipinski definition) is 0. The lowest BCUT2D eigenvalue weighted by molar-refractivity contribution is 0.109. The van der Waals surface area contributed by atoms with Crippen molar-refractivity contribution in [3.05, 3.63) is 29.3 Å². The second kappa shape index (κ2) is 6.93. The third-order valence-electron chi connectivity index (χ3n) is 2.51. The number of benzene rings is 1. The molecule has 0 aromatic heterocycles. The molecular weight excluding hydrogens is 214 g/mol. The molecule has 17 heavy (non-hydrogen) atoms. The van der Waals surface area contributed by atoms with Crippen LogP contribution in [0.4, 0.5) is 0 Å². The third-order valence-corrected chi connectivity index (χ3v) is 2.51. The summed E-state index contributed by atoms with van der Waals surface area (Å²) in [5, 5.41) is 8.84. The summed E-state index contributed by atoms with van der Waals surface area (Å²) in [5.41, 5.74) is 1.56. The maximum absolute atomic E-state index is 8.84. The molecule has 1 aromatic carbocycles. The van der Waals surface area contributed by atoms with Crippen molar-refractivity contribution in [1.82, 2.24) is 0 Å². The van der Waals surface area contributed by atoms with E-state index in [2.05, 4.69) is 19.9 Å². The fourth-order valence-corrected chi connectivity index (χ4v) is 1.46. The van der Waals surface area contributed by atoms with Crippen LogP contribution in [0.2, 0.25) is 0 Å². The molecule has 0 heterocycles. The number of nitrogens with zero attached hydrogens (tertiary/aromatic N) is 1. The first-order chi connectivity index (χ1) is 8.17. The highest BCUT2D eigenvalue weighted by molar-refractivity contribution is 5.41. The Morgan fingerprint density at radius 1 is 1.35 bits per heavy atom. The van der Waals surface area contributed by atoms with E-state index in [-0.39, 0.29) is 0 Å². The van der Waals surface area contributed by atoms with Gasteiger partial charge in [0.2, 0.25) is 0 Å². The number of ether oxygens (including phenoxy) is 2. The van der Waals surface area contributed by atoms with E-state index in [0.29, 0.717) is 18.1 Å². The van der Waals surface area contributed by atoms with Crippen LogP contribution in [-0.2, 0) is 11.3 Å². The van der Waals surface area contributed by atoms with Crippen molar-refractivity contribution in [3.63, 3.8) is 0 Å².